The van der Waals surface area contributed by atoms with Gasteiger partial charge in [-0.05, 0) is 49.0 Å². The molecule has 0 spiro atoms. The Bertz CT molecular complexity index is 1420. The van der Waals surface area contributed by atoms with Crippen molar-refractivity contribution in [3.05, 3.63) is 88.9 Å². The molecule has 1 aromatic heterocycles. The molecule has 0 radical (unpaired) electrons. The Morgan fingerprint density at radius 1 is 0.919 bits per heavy atom. The van der Waals surface area contributed by atoms with E-state index in [0.717, 1.165) is 43.0 Å². The van der Waals surface area contributed by atoms with Crippen molar-refractivity contribution >= 4 is 22.9 Å². The van der Waals surface area contributed by atoms with Gasteiger partial charge in [-0.15, -0.1) is 0 Å². The van der Waals surface area contributed by atoms with Crippen LogP contribution in [-0.2, 0) is 11.3 Å². The zero-order valence-corrected chi connectivity index (χ0v) is 21.3. The number of ether oxygens (including phenoxy) is 1. The zero-order valence-electron chi connectivity index (χ0n) is 21.3. The van der Waals surface area contributed by atoms with Crippen LogP contribution in [0.5, 0.6) is 0 Å². The highest BCUT2D eigenvalue weighted by Crippen LogP contribution is 2.28. The molecular weight excluding hydrogens is 468 g/mol. The first-order valence-corrected chi connectivity index (χ1v) is 12.6. The predicted molar refractivity (Wildman–Crippen MR) is 145 cm³/mol. The fourth-order valence-electron chi connectivity index (χ4n) is 4.71. The SMILES string of the molecule is CN(C)CCOC(=O)n1c(=O)oc2c(N3CCN(Cc4cccc(-c5ccccc5)c4)CC3)cccc21. The molecule has 8 heteroatoms. The van der Waals surface area contributed by atoms with Crippen LogP contribution in [0.2, 0.25) is 0 Å². The van der Waals surface area contributed by atoms with E-state index in [-0.39, 0.29) is 6.61 Å². The number of piperazine rings is 1. The normalized spacial score (nSPS) is 14.4. The quantitative estimate of drug-likeness (QED) is 0.378. The number of fused-ring (bicyclic) bond motifs is 1. The number of hydrogen-bond donors (Lipinski definition) is 0. The highest BCUT2D eigenvalue weighted by atomic mass is 16.6. The van der Waals surface area contributed by atoms with Crippen molar-refractivity contribution in [3.63, 3.8) is 0 Å². The maximum Gasteiger partial charge on any atom is 0.429 e. The average Bonchev–Trinajstić information content (AvgIpc) is 3.25. The van der Waals surface area contributed by atoms with Gasteiger partial charge in [0.05, 0.1) is 5.69 Å². The minimum absolute atomic E-state index is 0.195. The number of nitrogens with zero attached hydrogens (tertiary/aromatic N) is 4. The summed E-state index contributed by atoms with van der Waals surface area (Å²) in [5.41, 5.74) is 5.40. The van der Waals surface area contributed by atoms with Crippen LogP contribution < -0.4 is 10.7 Å². The van der Waals surface area contributed by atoms with Crippen LogP contribution in [0.4, 0.5) is 10.5 Å². The van der Waals surface area contributed by atoms with Crippen LogP contribution in [0.15, 0.2) is 82.0 Å². The summed E-state index contributed by atoms with van der Waals surface area (Å²) < 4.78 is 11.8. The summed E-state index contributed by atoms with van der Waals surface area (Å²) >= 11 is 0. The van der Waals surface area contributed by atoms with Crippen molar-refractivity contribution in [1.82, 2.24) is 14.4 Å². The molecule has 4 aromatic rings. The van der Waals surface area contributed by atoms with E-state index in [4.69, 9.17) is 9.15 Å². The van der Waals surface area contributed by atoms with Crippen LogP contribution >= 0.6 is 0 Å². The van der Waals surface area contributed by atoms with Gasteiger partial charge in [-0.3, -0.25) is 4.90 Å². The minimum Gasteiger partial charge on any atom is -0.447 e. The number of carbonyl (C=O) groups excluding carboxylic acids is 1. The highest BCUT2D eigenvalue weighted by molar-refractivity contribution is 5.92. The molecule has 8 nitrogen and oxygen atoms in total. The maximum atomic E-state index is 12.6. The Balaban J connectivity index is 1.26. The second-order valence-electron chi connectivity index (χ2n) is 9.58. The molecule has 0 bridgehead atoms. The van der Waals surface area contributed by atoms with E-state index in [1.54, 1.807) is 6.07 Å². The smallest absolute Gasteiger partial charge is 0.429 e. The maximum absolute atomic E-state index is 12.6. The molecular formula is C29H32N4O4. The van der Waals surface area contributed by atoms with E-state index < -0.39 is 11.8 Å². The summed E-state index contributed by atoms with van der Waals surface area (Å²) in [4.78, 5) is 31.7. The van der Waals surface area contributed by atoms with Crippen molar-refractivity contribution in [2.24, 2.45) is 0 Å². The van der Waals surface area contributed by atoms with Crippen molar-refractivity contribution in [2.45, 2.75) is 6.54 Å². The van der Waals surface area contributed by atoms with Crippen molar-refractivity contribution < 1.29 is 13.9 Å². The first kappa shape index (κ1) is 24.8. The highest BCUT2D eigenvalue weighted by Gasteiger charge is 2.24. The monoisotopic (exact) mass is 500 g/mol. The number of oxazole rings is 1. The number of para-hydroxylation sites is 1. The van der Waals surface area contributed by atoms with Gasteiger partial charge in [0, 0.05) is 39.3 Å². The lowest BCUT2D eigenvalue weighted by molar-refractivity contribution is 0.137. The van der Waals surface area contributed by atoms with Crippen molar-refractivity contribution in [1.29, 1.82) is 0 Å². The largest absolute Gasteiger partial charge is 0.447 e. The molecule has 0 unspecified atom stereocenters. The molecule has 1 saturated heterocycles. The third-order valence-corrected chi connectivity index (χ3v) is 6.69. The number of carbonyl (C=O) groups is 1. The summed E-state index contributed by atoms with van der Waals surface area (Å²) in [7, 11) is 3.78. The van der Waals surface area contributed by atoms with E-state index in [1.807, 2.05) is 37.2 Å². The fraction of sp³-hybridized carbons (Fsp3) is 0.310. The molecule has 0 saturated carbocycles. The van der Waals surface area contributed by atoms with E-state index >= 15 is 0 Å². The predicted octanol–water partition coefficient (Wildman–Crippen LogP) is 4.13. The van der Waals surface area contributed by atoms with Crippen LogP contribution in [0.25, 0.3) is 22.2 Å². The molecule has 37 heavy (non-hydrogen) atoms. The topological polar surface area (TPSA) is 71.2 Å². The standard InChI is InChI=1S/C29H32N4O4/c1-30(2)18-19-36-28(34)33-26-13-7-12-25(27(26)37-29(33)35)32-16-14-31(15-17-32)21-22-8-6-11-24(20-22)23-9-4-3-5-10-23/h3-13,20H,14-19,21H2,1-2H3. The summed E-state index contributed by atoms with van der Waals surface area (Å²) in [5.74, 6) is -0.728. The lowest BCUT2D eigenvalue weighted by Crippen LogP contribution is -2.46. The van der Waals surface area contributed by atoms with Gasteiger partial charge in [0.1, 0.15) is 12.1 Å². The van der Waals surface area contributed by atoms with Crippen molar-refractivity contribution in [2.75, 3.05) is 58.3 Å². The summed E-state index contributed by atoms with van der Waals surface area (Å²) in [5, 5.41) is 0. The number of anilines is 1. The molecule has 192 valence electrons. The van der Waals surface area contributed by atoms with Gasteiger partial charge < -0.3 is 19.0 Å². The first-order chi connectivity index (χ1) is 18.0. The third kappa shape index (κ3) is 5.60. The number of rotatable bonds is 7. The molecule has 0 amide bonds. The summed E-state index contributed by atoms with van der Waals surface area (Å²) in [6.07, 6.45) is -0.717. The molecule has 0 N–H and O–H groups in total. The van der Waals surface area contributed by atoms with Crippen LogP contribution in [0, 0.1) is 0 Å². The Labute approximate surface area is 216 Å². The van der Waals surface area contributed by atoms with Gasteiger partial charge >= 0.3 is 11.8 Å². The number of likely N-dealkylation sites (N-methyl/N-ethyl adjacent to an activating group) is 1. The van der Waals surface area contributed by atoms with E-state index in [9.17, 15) is 9.59 Å². The van der Waals surface area contributed by atoms with Crippen molar-refractivity contribution in [3.8, 4) is 11.1 Å². The Kier molecular flexibility index (Phi) is 7.39. The Morgan fingerprint density at radius 2 is 1.65 bits per heavy atom. The van der Waals surface area contributed by atoms with Gasteiger partial charge in [0.15, 0.2) is 5.58 Å². The molecule has 3 aromatic carbocycles. The molecule has 0 atom stereocenters. The summed E-state index contributed by atoms with van der Waals surface area (Å²) in [6, 6.07) is 24.6. The zero-order chi connectivity index (χ0) is 25.8. The van der Waals surface area contributed by atoms with E-state index in [0.29, 0.717) is 17.6 Å². The lowest BCUT2D eigenvalue weighted by Gasteiger charge is -2.36. The number of aromatic nitrogens is 1. The molecule has 2 heterocycles. The average molecular weight is 501 g/mol. The van der Waals surface area contributed by atoms with Gasteiger partial charge in [-0.1, -0.05) is 54.6 Å². The summed E-state index contributed by atoms with van der Waals surface area (Å²) in [6.45, 7) is 4.98. The fourth-order valence-corrected chi connectivity index (χ4v) is 4.71. The second-order valence-corrected chi connectivity index (χ2v) is 9.58. The third-order valence-electron chi connectivity index (χ3n) is 6.69. The van der Waals surface area contributed by atoms with Gasteiger partial charge in [0.25, 0.3) is 0 Å². The van der Waals surface area contributed by atoms with E-state index in [2.05, 4.69) is 58.3 Å². The second kappa shape index (κ2) is 11.0. The number of benzene rings is 3. The molecule has 1 aliphatic heterocycles. The van der Waals surface area contributed by atoms with Crippen LogP contribution in [0.3, 0.4) is 0 Å². The number of hydrogen-bond acceptors (Lipinski definition) is 7. The van der Waals surface area contributed by atoms with Crippen LogP contribution in [0.1, 0.15) is 5.56 Å². The molecule has 5 rings (SSSR count). The lowest BCUT2D eigenvalue weighted by atomic mass is 10.0. The minimum atomic E-state index is -0.728. The molecule has 1 fully saturated rings. The molecule has 0 aliphatic carbocycles. The van der Waals surface area contributed by atoms with Gasteiger partial charge in [-0.25, -0.2) is 9.59 Å². The van der Waals surface area contributed by atoms with Crippen LogP contribution in [-0.4, -0.2) is 73.9 Å². The van der Waals surface area contributed by atoms with E-state index in [1.165, 1.54) is 16.7 Å². The first-order valence-electron chi connectivity index (χ1n) is 12.6. The van der Waals surface area contributed by atoms with Gasteiger partial charge in [-0.2, -0.15) is 4.57 Å². The Hall–Kier alpha value is -3.88. The Morgan fingerprint density at radius 3 is 2.41 bits per heavy atom. The molecule has 1 aliphatic rings. The van der Waals surface area contributed by atoms with Gasteiger partial charge in [0.2, 0.25) is 0 Å².